The van der Waals surface area contributed by atoms with Crippen molar-refractivity contribution < 1.29 is 31.1 Å². The molecule has 0 saturated carbocycles. The molecule has 0 atom stereocenters. The van der Waals surface area contributed by atoms with Crippen LogP contribution in [0.15, 0.2) is 18.2 Å². The molecule has 0 aliphatic carbocycles. The van der Waals surface area contributed by atoms with Gasteiger partial charge in [0.2, 0.25) is 0 Å². The molecule has 0 radical (unpaired) electrons. The number of hydrogen-bond donors (Lipinski definition) is 1. The Labute approximate surface area is 121 Å². The van der Waals surface area contributed by atoms with E-state index in [1.807, 2.05) is 0 Å². The SMILES string of the molecule is O=C(Nc1ccc(CN2CCC2)c(C(F)(F)F)c1)C(F)(F)F. The molecule has 1 heterocycles. The number of amides is 1. The Bertz CT molecular complexity index is 563. The zero-order valence-electron chi connectivity index (χ0n) is 11.2. The first-order valence-corrected chi connectivity index (χ1v) is 6.38. The van der Waals surface area contributed by atoms with E-state index >= 15 is 0 Å². The molecule has 1 N–H and O–H groups in total. The van der Waals surface area contributed by atoms with Gasteiger partial charge < -0.3 is 5.32 Å². The van der Waals surface area contributed by atoms with Gasteiger partial charge in [0.25, 0.3) is 0 Å². The Morgan fingerprint density at radius 1 is 1.14 bits per heavy atom. The van der Waals surface area contributed by atoms with Gasteiger partial charge in [0.15, 0.2) is 0 Å². The van der Waals surface area contributed by atoms with Gasteiger partial charge in [-0.15, -0.1) is 0 Å². The number of carbonyl (C=O) groups excluding carboxylic acids is 1. The second-order valence-corrected chi connectivity index (χ2v) is 4.95. The Kier molecular flexibility index (Phi) is 4.37. The summed E-state index contributed by atoms with van der Waals surface area (Å²) in [6.45, 7) is 1.44. The third-order valence-electron chi connectivity index (χ3n) is 3.27. The minimum atomic E-state index is -5.16. The van der Waals surface area contributed by atoms with Crippen LogP contribution in [0.3, 0.4) is 0 Å². The first-order valence-electron chi connectivity index (χ1n) is 6.38. The van der Waals surface area contributed by atoms with Gasteiger partial charge in [-0.1, -0.05) is 6.07 Å². The van der Waals surface area contributed by atoms with Crippen LogP contribution in [0.5, 0.6) is 0 Å². The van der Waals surface area contributed by atoms with Crippen molar-refractivity contribution >= 4 is 11.6 Å². The molecular weight excluding hydrogens is 314 g/mol. The lowest BCUT2D eigenvalue weighted by Gasteiger charge is -2.31. The van der Waals surface area contributed by atoms with Crippen LogP contribution in [0, 0.1) is 0 Å². The highest BCUT2D eigenvalue weighted by atomic mass is 19.4. The molecule has 1 aromatic carbocycles. The van der Waals surface area contributed by atoms with Crippen LogP contribution in [0.1, 0.15) is 17.5 Å². The van der Waals surface area contributed by atoms with E-state index in [1.54, 1.807) is 4.90 Å². The van der Waals surface area contributed by atoms with Gasteiger partial charge >= 0.3 is 18.3 Å². The van der Waals surface area contributed by atoms with Crippen LogP contribution in [0.4, 0.5) is 32.0 Å². The van der Waals surface area contributed by atoms with E-state index in [4.69, 9.17) is 0 Å². The monoisotopic (exact) mass is 326 g/mol. The summed E-state index contributed by atoms with van der Waals surface area (Å²) in [6, 6.07) is 2.65. The molecule has 1 aliphatic rings. The maximum Gasteiger partial charge on any atom is 0.471 e. The molecule has 0 bridgehead atoms. The lowest BCUT2D eigenvalue weighted by atomic mass is 10.0. The summed E-state index contributed by atoms with van der Waals surface area (Å²) >= 11 is 0. The van der Waals surface area contributed by atoms with Gasteiger partial charge in [0.1, 0.15) is 0 Å². The first kappa shape index (κ1) is 16.6. The summed E-state index contributed by atoms with van der Waals surface area (Å²) in [5.74, 6) is -2.31. The lowest BCUT2D eigenvalue weighted by Crippen LogP contribution is -2.36. The quantitative estimate of drug-likeness (QED) is 0.864. The molecule has 2 rings (SSSR count). The molecule has 22 heavy (non-hydrogen) atoms. The Morgan fingerprint density at radius 3 is 2.23 bits per heavy atom. The molecule has 0 aromatic heterocycles. The van der Waals surface area contributed by atoms with Crippen molar-refractivity contribution in [1.82, 2.24) is 4.90 Å². The van der Waals surface area contributed by atoms with Crippen molar-refractivity contribution in [1.29, 1.82) is 0 Å². The predicted molar refractivity (Wildman–Crippen MR) is 66.0 cm³/mol. The molecule has 1 amide bonds. The van der Waals surface area contributed by atoms with Crippen LogP contribution in [-0.4, -0.2) is 30.1 Å². The Hall–Kier alpha value is -1.77. The molecular formula is C13H12F6N2O. The summed E-state index contributed by atoms with van der Waals surface area (Å²) in [5, 5.41) is 1.43. The second kappa shape index (κ2) is 5.79. The van der Waals surface area contributed by atoms with Crippen molar-refractivity contribution in [2.24, 2.45) is 0 Å². The summed E-state index contributed by atoms with van der Waals surface area (Å²) in [5.41, 5.74) is -1.61. The lowest BCUT2D eigenvalue weighted by molar-refractivity contribution is -0.167. The van der Waals surface area contributed by atoms with E-state index in [2.05, 4.69) is 0 Å². The van der Waals surface area contributed by atoms with E-state index in [0.29, 0.717) is 19.2 Å². The number of anilines is 1. The fourth-order valence-electron chi connectivity index (χ4n) is 2.04. The fourth-order valence-corrected chi connectivity index (χ4v) is 2.04. The van der Waals surface area contributed by atoms with Gasteiger partial charge in [0.05, 0.1) is 5.56 Å². The maximum absolute atomic E-state index is 13.0. The number of hydrogen-bond acceptors (Lipinski definition) is 2. The molecule has 0 unspecified atom stereocenters. The summed E-state index contributed by atoms with van der Waals surface area (Å²) in [4.78, 5) is 12.6. The zero-order valence-corrected chi connectivity index (χ0v) is 11.2. The van der Waals surface area contributed by atoms with Gasteiger partial charge in [-0.25, -0.2) is 0 Å². The predicted octanol–water partition coefficient (Wildman–Crippen LogP) is 3.41. The summed E-state index contributed by atoms with van der Waals surface area (Å²) in [7, 11) is 0. The van der Waals surface area contributed by atoms with E-state index in [-0.39, 0.29) is 12.1 Å². The number of nitrogens with zero attached hydrogens (tertiary/aromatic N) is 1. The molecule has 1 aliphatic heterocycles. The fraction of sp³-hybridized carbons (Fsp3) is 0.462. The molecule has 9 heteroatoms. The molecule has 1 fully saturated rings. The van der Waals surface area contributed by atoms with Crippen LogP contribution in [-0.2, 0) is 17.5 Å². The van der Waals surface area contributed by atoms with Gasteiger partial charge in [-0.2, -0.15) is 26.3 Å². The van der Waals surface area contributed by atoms with Crippen LogP contribution >= 0.6 is 0 Å². The number of likely N-dealkylation sites (tertiary alicyclic amines) is 1. The topological polar surface area (TPSA) is 32.3 Å². The van der Waals surface area contributed by atoms with Crippen LogP contribution in [0.25, 0.3) is 0 Å². The standard InChI is InChI=1S/C13H12F6N2O/c14-12(15,16)10-6-9(20-11(22)13(17,18)19)3-2-8(10)7-21-4-1-5-21/h2-3,6H,1,4-5,7H2,(H,20,22). The van der Waals surface area contributed by atoms with E-state index in [9.17, 15) is 31.1 Å². The zero-order chi connectivity index (χ0) is 16.5. The number of benzene rings is 1. The first-order chi connectivity index (χ1) is 10.1. The van der Waals surface area contributed by atoms with Crippen molar-refractivity contribution in [2.45, 2.75) is 25.3 Å². The van der Waals surface area contributed by atoms with E-state index < -0.39 is 29.5 Å². The molecule has 1 aromatic rings. The number of halogens is 6. The number of carbonyl (C=O) groups is 1. The van der Waals surface area contributed by atoms with Crippen LogP contribution < -0.4 is 5.32 Å². The van der Waals surface area contributed by atoms with Gasteiger partial charge in [0, 0.05) is 12.2 Å². The minimum Gasteiger partial charge on any atom is -0.318 e. The normalized spacial score (nSPS) is 16.3. The molecule has 1 saturated heterocycles. The van der Waals surface area contributed by atoms with E-state index in [1.165, 1.54) is 5.32 Å². The van der Waals surface area contributed by atoms with Crippen LogP contribution in [0.2, 0.25) is 0 Å². The third kappa shape index (κ3) is 3.90. The Morgan fingerprint density at radius 2 is 1.77 bits per heavy atom. The average molecular weight is 326 g/mol. The molecule has 3 nitrogen and oxygen atoms in total. The number of nitrogens with one attached hydrogen (secondary N) is 1. The van der Waals surface area contributed by atoms with E-state index in [0.717, 1.165) is 18.6 Å². The highest BCUT2D eigenvalue weighted by molar-refractivity contribution is 5.95. The number of rotatable bonds is 3. The van der Waals surface area contributed by atoms with Gasteiger partial charge in [-0.05, 0) is 37.2 Å². The highest BCUT2D eigenvalue weighted by Crippen LogP contribution is 2.35. The second-order valence-electron chi connectivity index (χ2n) is 4.95. The van der Waals surface area contributed by atoms with Crippen molar-refractivity contribution in [3.63, 3.8) is 0 Å². The maximum atomic E-state index is 13.0. The van der Waals surface area contributed by atoms with Crippen molar-refractivity contribution in [3.8, 4) is 0 Å². The third-order valence-corrected chi connectivity index (χ3v) is 3.27. The molecule has 0 spiro atoms. The average Bonchev–Trinajstić information content (AvgIpc) is 2.32. The largest absolute Gasteiger partial charge is 0.471 e. The minimum absolute atomic E-state index is 0.0304. The highest BCUT2D eigenvalue weighted by Gasteiger charge is 2.39. The smallest absolute Gasteiger partial charge is 0.318 e. The summed E-state index contributed by atoms with van der Waals surface area (Å²) < 4.78 is 75.5. The molecule has 122 valence electrons. The summed E-state index contributed by atoms with van der Waals surface area (Å²) in [6.07, 6.45) is -8.96. The van der Waals surface area contributed by atoms with Crippen molar-refractivity contribution in [2.75, 3.05) is 18.4 Å². The number of alkyl halides is 6. The Balaban J connectivity index is 2.25. The van der Waals surface area contributed by atoms with Gasteiger partial charge in [-0.3, -0.25) is 9.69 Å². The van der Waals surface area contributed by atoms with Crippen molar-refractivity contribution in [3.05, 3.63) is 29.3 Å².